The van der Waals surface area contributed by atoms with Crippen LogP contribution in [0.1, 0.15) is 54.1 Å². The highest BCUT2D eigenvalue weighted by atomic mass is 79.9. The number of benzene rings is 1. The van der Waals surface area contributed by atoms with Crippen molar-refractivity contribution in [1.82, 2.24) is 15.2 Å². The van der Waals surface area contributed by atoms with E-state index < -0.39 is 22.9 Å². The smallest absolute Gasteiger partial charge is 0.176 e. The van der Waals surface area contributed by atoms with Crippen LogP contribution < -0.4 is 0 Å². The lowest BCUT2D eigenvalue weighted by atomic mass is 9.57. The molecule has 0 aliphatic heterocycles. The van der Waals surface area contributed by atoms with Crippen LogP contribution in [0.15, 0.2) is 34.9 Å². The lowest BCUT2D eigenvalue weighted by Gasteiger charge is -2.47. The van der Waals surface area contributed by atoms with E-state index in [1.54, 1.807) is 12.1 Å². The molecule has 8 heteroatoms. The van der Waals surface area contributed by atoms with E-state index in [1.807, 2.05) is 0 Å². The molecule has 0 amide bonds. The molecule has 1 aromatic carbocycles. The van der Waals surface area contributed by atoms with Gasteiger partial charge in [-0.25, -0.2) is 18.2 Å². The number of halogens is 4. The lowest BCUT2D eigenvalue weighted by molar-refractivity contribution is 0.261. The highest BCUT2D eigenvalue weighted by molar-refractivity contribution is 9.10. The summed E-state index contributed by atoms with van der Waals surface area (Å²) in [6.07, 6.45) is 4.30. The largest absolute Gasteiger partial charge is 0.241 e. The van der Waals surface area contributed by atoms with Crippen LogP contribution in [0.25, 0.3) is 11.3 Å². The number of hydrogen-bond acceptors (Lipinski definition) is 4. The SMILES string of the molecule is N#Cc1ncc(Br)c([C@]23CC[C@H](CC2)c2cc(-c4c(F)cccc4F)nnc23)c1F. The van der Waals surface area contributed by atoms with E-state index in [1.165, 1.54) is 24.4 Å². The van der Waals surface area contributed by atoms with Gasteiger partial charge >= 0.3 is 0 Å². The molecule has 0 atom stereocenters. The first-order valence-corrected chi connectivity index (χ1v) is 10.3. The third-order valence-electron chi connectivity index (χ3n) is 6.33. The Balaban J connectivity index is 1.73. The third kappa shape index (κ3) is 2.61. The summed E-state index contributed by atoms with van der Waals surface area (Å²) in [5.74, 6) is -1.91. The van der Waals surface area contributed by atoms with Gasteiger partial charge in [-0.15, -0.1) is 5.10 Å². The van der Waals surface area contributed by atoms with Gasteiger partial charge in [0.25, 0.3) is 0 Å². The van der Waals surface area contributed by atoms with Crippen molar-refractivity contribution in [3.8, 4) is 17.3 Å². The summed E-state index contributed by atoms with van der Waals surface area (Å²) in [6.45, 7) is 0. The minimum atomic E-state index is -0.763. The van der Waals surface area contributed by atoms with Crippen molar-refractivity contribution in [3.05, 3.63) is 74.9 Å². The maximum Gasteiger partial charge on any atom is 0.176 e. The Bertz CT molecular complexity index is 1210. The Kier molecular flexibility index (Phi) is 4.40. The quantitative estimate of drug-likeness (QED) is 0.492. The molecule has 4 nitrogen and oxygen atoms in total. The molecular formula is C22H14BrF3N4. The van der Waals surface area contributed by atoms with E-state index >= 15 is 4.39 Å². The minimum Gasteiger partial charge on any atom is -0.241 e. The molecule has 1 saturated carbocycles. The predicted octanol–water partition coefficient (Wildman–Crippen LogP) is 5.55. The highest BCUT2D eigenvalue weighted by Gasteiger charge is 2.50. The van der Waals surface area contributed by atoms with E-state index in [2.05, 4.69) is 31.1 Å². The fourth-order valence-electron chi connectivity index (χ4n) is 4.96. The fourth-order valence-corrected chi connectivity index (χ4v) is 5.62. The second-order valence-electron chi connectivity index (χ2n) is 7.74. The Hall–Kier alpha value is -2.79. The molecule has 3 aromatic rings. The van der Waals surface area contributed by atoms with E-state index in [4.69, 9.17) is 0 Å². The van der Waals surface area contributed by atoms with Gasteiger partial charge in [0, 0.05) is 21.6 Å². The van der Waals surface area contributed by atoms with Gasteiger partial charge in [0.15, 0.2) is 11.5 Å². The summed E-state index contributed by atoms with van der Waals surface area (Å²) in [6, 6.07) is 7.14. The van der Waals surface area contributed by atoms with Gasteiger partial charge in [-0.1, -0.05) is 6.07 Å². The average molecular weight is 471 g/mol. The summed E-state index contributed by atoms with van der Waals surface area (Å²) < 4.78 is 44.3. The number of rotatable bonds is 2. The molecule has 3 aliphatic carbocycles. The second kappa shape index (κ2) is 6.88. The number of pyridine rings is 1. The van der Waals surface area contributed by atoms with E-state index in [0.717, 1.165) is 18.4 Å². The molecule has 2 heterocycles. The highest BCUT2D eigenvalue weighted by Crippen LogP contribution is 2.57. The van der Waals surface area contributed by atoms with Crippen LogP contribution in [0, 0.1) is 28.8 Å². The van der Waals surface area contributed by atoms with Crippen molar-refractivity contribution in [3.63, 3.8) is 0 Å². The Morgan fingerprint density at radius 3 is 2.47 bits per heavy atom. The summed E-state index contributed by atoms with van der Waals surface area (Å²) in [5, 5.41) is 17.7. The number of nitrogens with zero attached hydrogens (tertiary/aromatic N) is 4. The molecule has 0 saturated heterocycles. The molecule has 0 radical (unpaired) electrons. The average Bonchev–Trinajstić information content (AvgIpc) is 2.74. The maximum atomic E-state index is 15.2. The topological polar surface area (TPSA) is 62.5 Å². The number of aromatic nitrogens is 3. The van der Waals surface area contributed by atoms with Gasteiger partial charge in [-0.3, -0.25) is 0 Å². The van der Waals surface area contributed by atoms with Crippen molar-refractivity contribution in [2.75, 3.05) is 0 Å². The Labute approximate surface area is 178 Å². The van der Waals surface area contributed by atoms with Crippen LogP contribution in [0.4, 0.5) is 13.2 Å². The first kappa shape index (κ1) is 19.2. The van der Waals surface area contributed by atoms with Crippen molar-refractivity contribution >= 4 is 15.9 Å². The van der Waals surface area contributed by atoms with Crippen LogP contribution in [-0.2, 0) is 5.41 Å². The third-order valence-corrected chi connectivity index (χ3v) is 6.93. The first-order valence-electron chi connectivity index (χ1n) is 9.53. The van der Waals surface area contributed by atoms with Gasteiger partial charge in [0.05, 0.1) is 17.0 Å². The van der Waals surface area contributed by atoms with Gasteiger partial charge in [0.1, 0.15) is 17.7 Å². The van der Waals surface area contributed by atoms with Crippen LogP contribution in [0.5, 0.6) is 0 Å². The molecule has 2 aromatic heterocycles. The van der Waals surface area contributed by atoms with Crippen LogP contribution in [-0.4, -0.2) is 15.2 Å². The summed E-state index contributed by atoms with van der Waals surface area (Å²) in [7, 11) is 0. The Morgan fingerprint density at radius 2 is 1.80 bits per heavy atom. The normalized spacial score (nSPS) is 21.9. The summed E-state index contributed by atoms with van der Waals surface area (Å²) in [5.41, 5.74) is 0.677. The Morgan fingerprint density at radius 1 is 1.10 bits per heavy atom. The predicted molar refractivity (Wildman–Crippen MR) is 106 cm³/mol. The van der Waals surface area contributed by atoms with Gasteiger partial charge < -0.3 is 0 Å². The van der Waals surface area contributed by atoms with Crippen molar-refractivity contribution in [2.45, 2.75) is 37.0 Å². The van der Waals surface area contributed by atoms with E-state index in [0.29, 0.717) is 28.6 Å². The van der Waals surface area contributed by atoms with Gasteiger partial charge in [-0.05, 0) is 71.3 Å². The molecule has 2 bridgehead atoms. The molecule has 30 heavy (non-hydrogen) atoms. The molecule has 6 rings (SSSR count). The second-order valence-corrected chi connectivity index (χ2v) is 8.60. The molecule has 3 aliphatic rings. The standard InChI is InChI=1S/C22H14BrF3N4/c23-13-10-28-17(9-27)20(26)19(13)22-6-4-11(5-7-22)12-8-16(29-30-21(12)22)18-14(24)2-1-3-15(18)25/h1-3,8,10-11H,4-7H2/t11-,22+. The zero-order valence-electron chi connectivity index (χ0n) is 15.6. The molecule has 1 fully saturated rings. The van der Waals surface area contributed by atoms with Gasteiger partial charge in [0.2, 0.25) is 0 Å². The molecule has 0 spiro atoms. The minimum absolute atomic E-state index is 0.124. The summed E-state index contributed by atoms with van der Waals surface area (Å²) in [4.78, 5) is 3.86. The molecular weight excluding hydrogens is 457 g/mol. The number of hydrogen-bond donors (Lipinski definition) is 0. The monoisotopic (exact) mass is 470 g/mol. The molecule has 0 unspecified atom stereocenters. The van der Waals surface area contributed by atoms with Crippen molar-refractivity contribution in [2.24, 2.45) is 0 Å². The van der Waals surface area contributed by atoms with Crippen LogP contribution in [0.3, 0.4) is 0 Å². The zero-order valence-corrected chi connectivity index (χ0v) is 17.2. The lowest BCUT2D eigenvalue weighted by Crippen LogP contribution is -2.41. The van der Waals surface area contributed by atoms with E-state index in [9.17, 15) is 14.0 Å². The number of nitriles is 1. The van der Waals surface area contributed by atoms with Gasteiger partial charge in [-0.2, -0.15) is 10.4 Å². The van der Waals surface area contributed by atoms with Crippen molar-refractivity contribution < 1.29 is 13.2 Å². The fraction of sp³-hybridized carbons (Fsp3) is 0.273. The molecule has 150 valence electrons. The zero-order chi connectivity index (χ0) is 21.0. The van der Waals surface area contributed by atoms with Crippen LogP contribution >= 0.6 is 15.9 Å². The number of fused-ring (bicyclic) bond motifs is 2. The van der Waals surface area contributed by atoms with Crippen molar-refractivity contribution in [1.29, 1.82) is 5.26 Å². The summed E-state index contributed by atoms with van der Waals surface area (Å²) >= 11 is 3.40. The maximum absolute atomic E-state index is 15.2. The van der Waals surface area contributed by atoms with E-state index in [-0.39, 0.29) is 22.9 Å². The van der Waals surface area contributed by atoms with Crippen LogP contribution in [0.2, 0.25) is 0 Å². The first-order chi connectivity index (χ1) is 14.5. The molecule has 0 N–H and O–H groups in total.